The van der Waals surface area contributed by atoms with E-state index in [4.69, 9.17) is 4.55 Å². The molecule has 0 unspecified atom stereocenters. The second kappa shape index (κ2) is 9.80. The lowest BCUT2D eigenvalue weighted by molar-refractivity contribution is 0.529. The lowest BCUT2D eigenvalue weighted by atomic mass is 10.2. The summed E-state index contributed by atoms with van der Waals surface area (Å²) in [6.07, 6.45) is 4.41. The van der Waals surface area contributed by atoms with Crippen molar-refractivity contribution in [1.29, 1.82) is 0 Å². The number of hydrazine groups is 1. The highest BCUT2D eigenvalue weighted by atomic mass is 32.2. The molecule has 0 saturated heterocycles. The SMILES string of the molecule is CC[C@@H](C)Nc1nc(NNc2ccc(N=[S-](=O)O)cc2)cc(-c2cccnc2)n1. The van der Waals surface area contributed by atoms with Crippen LogP contribution in [0.4, 0.5) is 23.1 Å². The Morgan fingerprint density at radius 2 is 1.97 bits per heavy atom. The van der Waals surface area contributed by atoms with Gasteiger partial charge >= 0.3 is 0 Å². The van der Waals surface area contributed by atoms with Crippen molar-refractivity contribution in [3.05, 3.63) is 54.9 Å². The minimum Gasteiger partial charge on any atom is -0.454 e. The number of benzene rings is 1. The van der Waals surface area contributed by atoms with Crippen LogP contribution in [0.15, 0.2) is 59.2 Å². The number of aromatic nitrogens is 3. The van der Waals surface area contributed by atoms with E-state index in [0.29, 0.717) is 17.5 Å². The number of anilines is 3. The van der Waals surface area contributed by atoms with Crippen LogP contribution in [0.5, 0.6) is 0 Å². The highest BCUT2D eigenvalue weighted by molar-refractivity contribution is 7.68. The standard InChI is InChI=1S/C19H22N7O2S/c1-3-13(2)21-19-22-17(14-5-4-10-20-12-14)11-18(23-19)25-24-15-6-8-16(9-7-15)26-29(27)28/h4-13,24H,3H2,1-2H3,(H,26,27,28)(H2,21,22,23,25)/q-1/t13-/m1/s1. The summed E-state index contributed by atoms with van der Waals surface area (Å²) in [5.41, 5.74) is 8.89. The second-order valence-electron chi connectivity index (χ2n) is 6.28. The Morgan fingerprint density at radius 3 is 2.62 bits per heavy atom. The number of nitrogens with zero attached hydrogens (tertiary/aromatic N) is 4. The summed E-state index contributed by atoms with van der Waals surface area (Å²) in [6, 6.07) is 12.6. The lowest BCUT2D eigenvalue weighted by Gasteiger charge is -2.15. The molecule has 10 heteroatoms. The fraction of sp³-hybridized carbons (Fsp3) is 0.211. The smallest absolute Gasteiger partial charge is 0.225 e. The van der Waals surface area contributed by atoms with E-state index >= 15 is 0 Å². The molecule has 0 aliphatic carbocycles. The molecule has 0 aliphatic rings. The molecule has 1 aromatic carbocycles. The first-order valence-electron chi connectivity index (χ1n) is 9.04. The Morgan fingerprint density at radius 1 is 1.17 bits per heavy atom. The number of hydrogen-bond donors (Lipinski definition) is 4. The van der Waals surface area contributed by atoms with E-state index in [1.54, 1.807) is 36.7 Å². The van der Waals surface area contributed by atoms with Crippen molar-refractivity contribution in [3.63, 3.8) is 0 Å². The molecule has 0 saturated carbocycles. The van der Waals surface area contributed by atoms with Crippen molar-refractivity contribution >= 4 is 34.0 Å². The molecule has 3 aromatic rings. The maximum Gasteiger partial charge on any atom is 0.225 e. The van der Waals surface area contributed by atoms with Crippen LogP contribution in [0.1, 0.15) is 20.3 Å². The fourth-order valence-electron chi connectivity index (χ4n) is 2.39. The first-order chi connectivity index (χ1) is 14.0. The third-order valence-electron chi connectivity index (χ3n) is 4.06. The zero-order chi connectivity index (χ0) is 20.6. The van der Waals surface area contributed by atoms with E-state index in [0.717, 1.165) is 23.4 Å². The van der Waals surface area contributed by atoms with Gasteiger partial charge in [-0.15, -0.1) is 0 Å². The fourth-order valence-corrected chi connectivity index (χ4v) is 2.69. The Bertz CT molecular complexity index is 1020. The van der Waals surface area contributed by atoms with E-state index in [-0.39, 0.29) is 6.04 Å². The van der Waals surface area contributed by atoms with Gasteiger partial charge in [0.25, 0.3) is 0 Å². The van der Waals surface area contributed by atoms with Gasteiger partial charge in [0.05, 0.1) is 11.4 Å². The van der Waals surface area contributed by atoms with Crippen molar-refractivity contribution in [3.8, 4) is 11.3 Å². The zero-order valence-electron chi connectivity index (χ0n) is 16.0. The van der Waals surface area contributed by atoms with Crippen molar-refractivity contribution in [2.75, 3.05) is 16.2 Å². The lowest BCUT2D eigenvalue weighted by Crippen LogP contribution is -2.17. The van der Waals surface area contributed by atoms with Gasteiger partial charge < -0.3 is 18.4 Å². The molecule has 0 spiro atoms. The number of pyridine rings is 1. The summed E-state index contributed by atoms with van der Waals surface area (Å²) < 4.78 is 23.1. The number of rotatable bonds is 8. The van der Waals surface area contributed by atoms with Crippen LogP contribution >= 0.6 is 0 Å². The average Bonchev–Trinajstić information content (AvgIpc) is 2.73. The maximum absolute atomic E-state index is 10.7. The summed E-state index contributed by atoms with van der Waals surface area (Å²) >= 11 is 0. The van der Waals surface area contributed by atoms with Crippen molar-refractivity contribution < 1.29 is 8.76 Å². The summed E-state index contributed by atoms with van der Waals surface area (Å²) in [5, 5.41) is 3.29. The highest BCUT2D eigenvalue weighted by Gasteiger charge is 2.09. The summed E-state index contributed by atoms with van der Waals surface area (Å²) in [4.78, 5) is 13.3. The molecule has 29 heavy (non-hydrogen) atoms. The van der Waals surface area contributed by atoms with Crippen LogP contribution in [0, 0.1) is 0 Å². The molecule has 3 rings (SSSR count). The third-order valence-corrected chi connectivity index (χ3v) is 4.42. The highest BCUT2D eigenvalue weighted by Crippen LogP contribution is 2.22. The Kier molecular flexibility index (Phi) is 6.93. The minimum atomic E-state index is -2.23. The topological polar surface area (TPSA) is 124 Å². The first-order valence-corrected chi connectivity index (χ1v) is 10.1. The van der Waals surface area contributed by atoms with E-state index < -0.39 is 10.9 Å². The van der Waals surface area contributed by atoms with Crippen molar-refractivity contribution in [2.45, 2.75) is 26.3 Å². The van der Waals surface area contributed by atoms with E-state index in [2.05, 4.69) is 49.3 Å². The molecule has 0 radical (unpaired) electrons. The van der Waals surface area contributed by atoms with Crippen LogP contribution in [0.2, 0.25) is 0 Å². The largest absolute Gasteiger partial charge is 0.454 e. The Balaban J connectivity index is 1.81. The van der Waals surface area contributed by atoms with Crippen LogP contribution in [-0.4, -0.2) is 25.5 Å². The minimum absolute atomic E-state index is 0.230. The maximum atomic E-state index is 10.7. The third kappa shape index (κ3) is 6.13. The van der Waals surface area contributed by atoms with Crippen LogP contribution in [0.25, 0.3) is 11.3 Å². The van der Waals surface area contributed by atoms with Gasteiger partial charge in [-0.3, -0.25) is 15.8 Å². The molecule has 0 amide bonds. The molecule has 2 aromatic heterocycles. The van der Waals surface area contributed by atoms with E-state index in [1.807, 2.05) is 18.2 Å². The molecule has 1 atom stereocenters. The molecule has 0 aliphatic heterocycles. The van der Waals surface area contributed by atoms with Crippen LogP contribution in [0.3, 0.4) is 0 Å². The molecule has 152 valence electrons. The molecule has 2 heterocycles. The Labute approximate surface area is 171 Å². The van der Waals surface area contributed by atoms with Gasteiger partial charge in [0, 0.05) is 35.8 Å². The average molecular weight is 412 g/mol. The molecule has 0 bridgehead atoms. The predicted octanol–water partition coefficient (Wildman–Crippen LogP) is 4.44. The number of nitrogens with one attached hydrogen (secondary N) is 3. The molecule has 4 N–H and O–H groups in total. The molecule has 9 nitrogen and oxygen atoms in total. The zero-order valence-corrected chi connectivity index (χ0v) is 16.8. The molecule has 0 fully saturated rings. The molecular formula is C19H22N7O2S-. The van der Waals surface area contributed by atoms with Crippen molar-refractivity contribution in [2.24, 2.45) is 4.36 Å². The Hall–Kier alpha value is -3.24. The van der Waals surface area contributed by atoms with Crippen LogP contribution < -0.4 is 16.2 Å². The summed E-state index contributed by atoms with van der Waals surface area (Å²) in [6.45, 7) is 4.16. The van der Waals surface area contributed by atoms with Gasteiger partial charge in [0.1, 0.15) is 0 Å². The summed E-state index contributed by atoms with van der Waals surface area (Å²) in [5.74, 6) is 1.10. The quantitative estimate of drug-likeness (QED) is 0.243. The monoisotopic (exact) mass is 412 g/mol. The van der Waals surface area contributed by atoms with Gasteiger partial charge in [-0.1, -0.05) is 17.8 Å². The van der Waals surface area contributed by atoms with Gasteiger partial charge in [-0.25, -0.2) is 4.98 Å². The van der Waals surface area contributed by atoms with Crippen molar-refractivity contribution in [1.82, 2.24) is 15.0 Å². The van der Waals surface area contributed by atoms with Gasteiger partial charge in [-0.2, -0.15) is 4.98 Å². The molecular weight excluding hydrogens is 390 g/mol. The number of hydrogen-bond acceptors (Lipinski definition) is 9. The van der Waals surface area contributed by atoms with Gasteiger partial charge in [-0.05, 0) is 49.7 Å². The van der Waals surface area contributed by atoms with Gasteiger partial charge in [0.2, 0.25) is 5.95 Å². The second-order valence-corrected chi connectivity index (χ2v) is 6.92. The van der Waals surface area contributed by atoms with Gasteiger partial charge in [0.15, 0.2) is 5.82 Å². The van der Waals surface area contributed by atoms with E-state index in [1.165, 1.54) is 0 Å². The van der Waals surface area contributed by atoms with Crippen LogP contribution in [-0.2, 0) is 15.1 Å². The predicted molar refractivity (Wildman–Crippen MR) is 115 cm³/mol. The summed E-state index contributed by atoms with van der Waals surface area (Å²) in [7, 11) is -2.23. The normalized spacial score (nSPS) is 12.9. The van der Waals surface area contributed by atoms with E-state index in [9.17, 15) is 4.21 Å². The first kappa shape index (κ1) is 20.5.